The van der Waals surface area contributed by atoms with E-state index in [0.717, 1.165) is 6.07 Å². The molecule has 13 heteroatoms. The van der Waals surface area contributed by atoms with Gasteiger partial charge in [0.15, 0.2) is 11.5 Å². The molecule has 3 aromatic carbocycles. The second kappa shape index (κ2) is 11.2. The van der Waals surface area contributed by atoms with Crippen molar-refractivity contribution in [3.8, 4) is 23.3 Å². The molecule has 9 nitrogen and oxygen atoms in total. The molecular formula is C24H15F3IN3O6. The Morgan fingerprint density at radius 3 is 2.27 bits per heavy atom. The lowest BCUT2D eigenvalue weighted by Gasteiger charge is -2.15. The quantitative estimate of drug-likeness (QED) is 0.0840. The van der Waals surface area contributed by atoms with Crippen LogP contribution in [0.4, 0.5) is 24.5 Å². The minimum Gasteiger partial charge on any atom is -0.490 e. The number of nitriles is 1. The van der Waals surface area contributed by atoms with Gasteiger partial charge in [0.2, 0.25) is 5.75 Å². The second-order valence-electron chi connectivity index (χ2n) is 7.28. The number of nitro groups is 2. The average Bonchev–Trinajstić information content (AvgIpc) is 2.84. The van der Waals surface area contributed by atoms with E-state index < -0.39 is 33.0 Å². The highest BCUT2D eigenvalue weighted by atomic mass is 127. The van der Waals surface area contributed by atoms with Crippen LogP contribution in [0.5, 0.6) is 17.2 Å². The van der Waals surface area contributed by atoms with E-state index >= 15 is 0 Å². The number of hydrogen-bond acceptors (Lipinski definition) is 7. The standard InChI is InChI=1S/C24H15F3IN3O6/c1-2-36-22-11-14(9-16(13-29)15-3-6-18(7-4-15)30(32)33)10-19(28)23(22)37-21-8-5-17(24(25,26)27)12-20(21)31(34)35/h3-12H,2H2,1H3/b16-9+. The predicted molar refractivity (Wildman–Crippen MR) is 135 cm³/mol. The molecule has 0 heterocycles. The molecule has 0 spiro atoms. The Kier molecular flexibility index (Phi) is 8.33. The average molecular weight is 625 g/mol. The minimum absolute atomic E-state index is 0.0382. The van der Waals surface area contributed by atoms with Gasteiger partial charge in [-0.05, 0) is 83.1 Å². The van der Waals surface area contributed by atoms with Crippen LogP contribution in [-0.2, 0) is 6.18 Å². The fourth-order valence-corrected chi connectivity index (χ4v) is 3.91. The van der Waals surface area contributed by atoms with Gasteiger partial charge in [-0.3, -0.25) is 20.2 Å². The molecule has 0 aliphatic carbocycles. The van der Waals surface area contributed by atoms with Crippen LogP contribution in [0.1, 0.15) is 23.6 Å². The molecule has 0 radical (unpaired) electrons. The molecule has 37 heavy (non-hydrogen) atoms. The maximum absolute atomic E-state index is 13.0. The molecule has 0 aliphatic rings. The summed E-state index contributed by atoms with van der Waals surface area (Å²) in [6, 6.07) is 12.4. The molecule has 0 unspecified atom stereocenters. The molecule has 190 valence electrons. The monoisotopic (exact) mass is 625 g/mol. The van der Waals surface area contributed by atoms with Crippen LogP contribution < -0.4 is 9.47 Å². The zero-order chi connectivity index (χ0) is 27.3. The van der Waals surface area contributed by atoms with Crippen molar-refractivity contribution in [3.05, 3.63) is 95.1 Å². The van der Waals surface area contributed by atoms with Crippen molar-refractivity contribution in [1.82, 2.24) is 0 Å². The van der Waals surface area contributed by atoms with E-state index in [1.807, 2.05) is 28.7 Å². The van der Waals surface area contributed by atoms with Gasteiger partial charge in [-0.1, -0.05) is 0 Å². The molecular weight excluding hydrogens is 610 g/mol. The van der Waals surface area contributed by atoms with Crippen LogP contribution in [-0.4, -0.2) is 16.5 Å². The van der Waals surface area contributed by atoms with Crippen molar-refractivity contribution >= 4 is 45.6 Å². The van der Waals surface area contributed by atoms with Crippen LogP contribution in [0.15, 0.2) is 54.6 Å². The number of non-ortho nitro benzene ring substituents is 1. The Labute approximate surface area is 221 Å². The topological polar surface area (TPSA) is 129 Å². The maximum Gasteiger partial charge on any atom is 0.416 e. The van der Waals surface area contributed by atoms with Crippen LogP contribution in [0.3, 0.4) is 0 Å². The summed E-state index contributed by atoms with van der Waals surface area (Å²) in [6.45, 7) is 1.85. The lowest BCUT2D eigenvalue weighted by Crippen LogP contribution is -2.06. The highest BCUT2D eigenvalue weighted by Gasteiger charge is 2.33. The molecule has 0 atom stereocenters. The first kappa shape index (κ1) is 27.4. The number of ether oxygens (including phenoxy) is 2. The molecule has 0 aliphatic heterocycles. The second-order valence-corrected chi connectivity index (χ2v) is 8.44. The number of rotatable bonds is 8. The van der Waals surface area contributed by atoms with E-state index in [1.54, 1.807) is 13.0 Å². The number of allylic oxidation sites excluding steroid dienone is 1. The number of alkyl halides is 3. The third kappa shape index (κ3) is 6.53. The predicted octanol–water partition coefficient (Wildman–Crippen LogP) is 7.38. The summed E-state index contributed by atoms with van der Waals surface area (Å²) in [5.41, 5.74) is -1.09. The molecule has 0 saturated carbocycles. The fourth-order valence-electron chi connectivity index (χ4n) is 3.18. The van der Waals surface area contributed by atoms with Gasteiger partial charge in [0.25, 0.3) is 5.69 Å². The maximum atomic E-state index is 13.0. The van der Waals surface area contributed by atoms with Crippen molar-refractivity contribution in [2.24, 2.45) is 0 Å². The normalized spacial score (nSPS) is 11.5. The summed E-state index contributed by atoms with van der Waals surface area (Å²) in [6.07, 6.45) is -3.26. The van der Waals surface area contributed by atoms with Gasteiger partial charge in [-0.25, -0.2) is 0 Å². The summed E-state index contributed by atoms with van der Waals surface area (Å²) in [5.74, 6) is -0.240. The van der Waals surface area contributed by atoms with E-state index in [9.17, 15) is 38.7 Å². The van der Waals surface area contributed by atoms with Gasteiger partial charge in [0.1, 0.15) is 0 Å². The SMILES string of the molecule is CCOc1cc(/C=C(\C#N)c2ccc([N+](=O)[O-])cc2)cc(I)c1Oc1ccc(C(F)(F)F)cc1[N+](=O)[O-]. The Morgan fingerprint density at radius 1 is 1.05 bits per heavy atom. The van der Waals surface area contributed by atoms with E-state index in [1.165, 1.54) is 36.4 Å². The van der Waals surface area contributed by atoms with Crippen molar-refractivity contribution in [3.63, 3.8) is 0 Å². The highest BCUT2D eigenvalue weighted by molar-refractivity contribution is 14.1. The van der Waals surface area contributed by atoms with Crippen molar-refractivity contribution in [2.75, 3.05) is 6.61 Å². The van der Waals surface area contributed by atoms with Gasteiger partial charge in [-0.2, -0.15) is 18.4 Å². The first-order chi connectivity index (χ1) is 17.4. The van der Waals surface area contributed by atoms with Crippen molar-refractivity contribution in [1.29, 1.82) is 5.26 Å². The van der Waals surface area contributed by atoms with Gasteiger partial charge < -0.3 is 9.47 Å². The van der Waals surface area contributed by atoms with Crippen molar-refractivity contribution in [2.45, 2.75) is 13.1 Å². The Hall–Kier alpha value is -4.19. The Morgan fingerprint density at radius 2 is 1.73 bits per heavy atom. The van der Waals surface area contributed by atoms with Crippen LogP contribution >= 0.6 is 22.6 Å². The molecule has 3 aromatic rings. The zero-order valence-corrected chi connectivity index (χ0v) is 20.9. The largest absolute Gasteiger partial charge is 0.490 e. The van der Waals surface area contributed by atoms with Crippen LogP contribution in [0, 0.1) is 35.1 Å². The van der Waals surface area contributed by atoms with Gasteiger partial charge in [-0.15, -0.1) is 0 Å². The molecule has 3 rings (SSSR count). The van der Waals surface area contributed by atoms with Gasteiger partial charge >= 0.3 is 11.9 Å². The lowest BCUT2D eigenvalue weighted by molar-refractivity contribution is -0.385. The van der Waals surface area contributed by atoms with Gasteiger partial charge in [0, 0.05) is 18.2 Å². The molecule has 0 N–H and O–H groups in total. The summed E-state index contributed by atoms with van der Waals surface area (Å²) in [4.78, 5) is 20.8. The number of nitrogens with zero attached hydrogens (tertiary/aromatic N) is 3. The first-order valence-corrected chi connectivity index (χ1v) is 11.4. The Balaban J connectivity index is 2.04. The molecule has 0 aromatic heterocycles. The minimum atomic E-state index is -4.77. The van der Waals surface area contributed by atoms with E-state index in [-0.39, 0.29) is 29.4 Å². The smallest absolute Gasteiger partial charge is 0.416 e. The first-order valence-electron chi connectivity index (χ1n) is 10.3. The third-order valence-electron chi connectivity index (χ3n) is 4.85. The Bertz CT molecular complexity index is 1430. The molecule has 0 fully saturated rings. The fraction of sp³-hybridized carbons (Fsp3) is 0.125. The van der Waals surface area contributed by atoms with Crippen molar-refractivity contribution < 1.29 is 32.5 Å². The van der Waals surface area contributed by atoms with Crippen LogP contribution in [0.2, 0.25) is 0 Å². The lowest BCUT2D eigenvalue weighted by atomic mass is 10.0. The highest BCUT2D eigenvalue weighted by Crippen LogP contribution is 2.42. The number of hydrogen-bond donors (Lipinski definition) is 0. The van der Waals surface area contributed by atoms with E-state index in [0.29, 0.717) is 26.8 Å². The molecule has 0 saturated heterocycles. The van der Waals surface area contributed by atoms with E-state index in [2.05, 4.69) is 0 Å². The van der Waals surface area contributed by atoms with Crippen LogP contribution in [0.25, 0.3) is 11.6 Å². The van der Waals surface area contributed by atoms with E-state index in [4.69, 9.17) is 9.47 Å². The molecule has 0 amide bonds. The number of benzene rings is 3. The zero-order valence-electron chi connectivity index (χ0n) is 18.8. The third-order valence-corrected chi connectivity index (χ3v) is 5.65. The van der Waals surface area contributed by atoms with Gasteiger partial charge in [0.05, 0.1) is 37.2 Å². The summed E-state index contributed by atoms with van der Waals surface area (Å²) >= 11 is 1.87. The number of halogens is 4. The summed E-state index contributed by atoms with van der Waals surface area (Å²) < 4.78 is 50.8. The molecule has 0 bridgehead atoms. The number of nitro benzene ring substituents is 2. The summed E-state index contributed by atoms with van der Waals surface area (Å²) in [5, 5.41) is 31.9. The summed E-state index contributed by atoms with van der Waals surface area (Å²) in [7, 11) is 0.